The number of aryl methyl sites for hydroxylation is 2. The molecule has 0 bridgehead atoms. The third kappa shape index (κ3) is 3.45. The molecule has 0 fully saturated rings. The maximum Gasteiger partial charge on any atom is 0.142 e. The summed E-state index contributed by atoms with van der Waals surface area (Å²) >= 11 is 11.7. The van der Waals surface area contributed by atoms with Gasteiger partial charge in [0.05, 0.1) is 0 Å². The largest absolute Gasteiger partial charge is 0.380 e. The van der Waals surface area contributed by atoms with Gasteiger partial charge in [0.1, 0.15) is 40.5 Å². The van der Waals surface area contributed by atoms with Crippen LogP contribution in [0.5, 0.6) is 0 Å². The van der Waals surface area contributed by atoms with E-state index < -0.39 is 17.7 Å². The van der Waals surface area contributed by atoms with Crippen LogP contribution >= 0.6 is 23.2 Å². The molecular weight excluding hydrogens is 437 g/mol. The van der Waals surface area contributed by atoms with Crippen molar-refractivity contribution in [3.63, 3.8) is 0 Å². The minimum atomic E-state index is -1.39. The number of benzene rings is 2. The molecule has 0 amide bonds. The van der Waals surface area contributed by atoms with E-state index in [0.29, 0.717) is 0 Å². The highest BCUT2D eigenvalue weighted by molar-refractivity contribution is 6.31. The van der Waals surface area contributed by atoms with E-state index in [4.69, 9.17) is 23.2 Å². The number of aliphatic hydroxyl groups is 1. The van der Waals surface area contributed by atoms with Gasteiger partial charge in [-0.15, -0.1) is 10.2 Å². The fraction of sp³-hybridized carbons (Fsp3) is 0.158. The molecule has 7 nitrogen and oxygen atoms in total. The molecule has 11 heteroatoms. The Balaban J connectivity index is 1.87. The Morgan fingerprint density at radius 3 is 1.57 bits per heavy atom. The van der Waals surface area contributed by atoms with Crippen molar-refractivity contribution in [2.45, 2.75) is 6.10 Å². The first-order valence-electron chi connectivity index (χ1n) is 8.66. The lowest BCUT2D eigenvalue weighted by Gasteiger charge is -2.15. The molecular formula is C19H14Cl2F2N6O. The molecule has 0 aliphatic rings. The van der Waals surface area contributed by atoms with E-state index in [1.165, 1.54) is 33.6 Å². The molecule has 1 N–H and O–H groups in total. The zero-order valence-electron chi connectivity index (χ0n) is 15.7. The number of hydrogen-bond donors (Lipinski definition) is 1. The van der Waals surface area contributed by atoms with Crippen LogP contribution in [-0.2, 0) is 14.1 Å². The van der Waals surface area contributed by atoms with Crippen molar-refractivity contribution < 1.29 is 13.9 Å². The third-order valence-electron chi connectivity index (χ3n) is 4.63. The number of aliphatic hydroxyl groups excluding tert-OH is 1. The Kier molecular flexibility index (Phi) is 5.27. The molecule has 0 atom stereocenters. The maximum atomic E-state index is 14.5. The second-order valence-corrected chi connectivity index (χ2v) is 7.42. The molecule has 0 spiro atoms. The van der Waals surface area contributed by atoms with Gasteiger partial charge in [-0.3, -0.25) is 0 Å². The van der Waals surface area contributed by atoms with Crippen LogP contribution < -0.4 is 0 Å². The van der Waals surface area contributed by atoms with E-state index in [0.717, 1.165) is 12.1 Å². The van der Waals surface area contributed by atoms with Crippen LogP contribution in [0.15, 0.2) is 36.4 Å². The van der Waals surface area contributed by atoms with Crippen LogP contribution in [0, 0.1) is 11.6 Å². The van der Waals surface area contributed by atoms with Gasteiger partial charge in [-0.2, -0.15) is 0 Å². The lowest BCUT2D eigenvalue weighted by Crippen LogP contribution is -2.13. The molecule has 4 rings (SSSR count). The highest BCUT2D eigenvalue weighted by Crippen LogP contribution is 2.36. The Hall–Kier alpha value is -2.88. The number of rotatable bonds is 4. The van der Waals surface area contributed by atoms with Crippen LogP contribution in [0.25, 0.3) is 22.5 Å². The lowest BCUT2D eigenvalue weighted by atomic mass is 10.0. The zero-order chi connectivity index (χ0) is 21.6. The summed E-state index contributed by atoms with van der Waals surface area (Å²) in [6.45, 7) is 0. The van der Waals surface area contributed by atoms with Gasteiger partial charge < -0.3 is 5.11 Å². The standard InChI is InChI=1S/C19H14Cl2F2N6O/c1-28-17(15(24-26-28)11-5-3-9(20)7-13(11)22)19(30)18-16(25-27-29(18)2)12-6-4-10(21)8-14(12)23/h3-8,19,30H,1-2H3. The summed E-state index contributed by atoms with van der Waals surface area (Å²) in [5.41, 5.74) is 0.798. The minimum Gasteiger partial charge on any atom is -0.380 e. The van der Waals surface area contributed by atoms with Gasteiger partial charge >= 0.3 is 0 Å². The Labute approximate surface area is 179 Å². The molecule has 0 saturated carbocycles. The van der Waals surface area contributed by atoms with Gasteiger partial charge in [0.2, 0.25) is 0 Å². The molecule has 4 aromatic rings. The second kappa shape index (κ2) is 7.75. The molecule has 0 aliphatic carbocycles. The average Bonchev–Trinajstić information content (AvgIpc) is 3.24. The molecule has 0 aliphatic heterocycles. The molecule has 0 unspecified atom stereocenters. The highest BCUT2D eigenvalue weighted by atomic mass is 35.5. The Bertz CT molecular complexity index is 1160. The maximum absolute atomic E-state index is 14.5. The average molecular weight is 451 g/mol. The van der Waals surface area contributed by atoms with E-state index in [-0.39, 0.29) is 43.9 Å². The normalized spacial score (nSPS) is 11.5. The first-order chi connectivity index (χ1) is 14.3. The fourth-order valence-corrected chi connectivity index (χ4v) is 3.54. The number of nitrogens with zero attached hydrogens (tertiary/aromatic N) is 6. The predicted octanol–water partition coefficient (Wildman–Crippen LogP) is 3.94. The van der Waals surface area contributed by atoms with Gasteiger partial charge in [0.25, 0.3) is 0 Å². The van der Waals surface area contributed by atoms with Crippen molar-refractivity contribution in [3.05, 3.63) is 69.5 Å². The van der Waals surface area contributed by atoms with Gasteiger partial charge in [0, 0.05) is 35.3 Å². The summed E-state index contributed by atoms with van der Waals surface area (Å²) in [7, 11) is 3.10. The first kappa shape index (κ1) is 20.4. The topological polar surface area (TPSA) is 81.7 Å². The smallest absolute Gasteiger partial charge is 0.142 e. The quantitative estimate of drug-likeness (QED) is 0.509. The first-order valence-corrected chi connectivity index (χ1v) is 9.41. The molecule has 2 aromatic carbocycles. The van der Waals surface area contributed by atoms with Crippen LogP contribution in [0.1, 0.15) is 17.5 Å². The van der Waals surface area contributed by atoms with Crippen LogP contribution in [0.3, 0.4) is 0 Å². The molecule has 154 valence electrons. The summed E-state index contributed by atoms with van der Waals surface area (Å²) in [5.74, 6) is -1.24. The molecule has 2 heterocycles. The van der Waals surface area contributed by atoms with E-state index in [2.05, 4.69) is 20.6 Å². The van der Waals surface area contributed by atoms with Gasteiger partial charge in [0.15, 0.2) is 0 Å². The van der Waals surface area contributed by atoms with E-state index >= 15 is 0 Å². The van der Waals surface area contributed by atoms with Gasteiger partial charge in [-0.05, 0) is 36.4 Å². The fourth-order valence-electron chi connectivity index (χ4n) is 3.22. The Morgan fingerprint density at radius 1 is 0.800 bits per heavy atom. The lowest BCUT2D eigenvalue weighted by molar-refractivity contribution is 0.200. The molecule has 0 saturated heterocycles. The van der Waals surface area contributed by atoms with Crippen molar-refractivity contribution in [2.75, 3.05) is 0 Å². The van der Waals surface area contributed by atoms with Crippen molar-refractivity contribution in [2.24, 2.45) is 14.1 Å². The summed E-state index contributed by atoms with van der Waals surface area (Å²) in [5, 5.41) is 27.5. The van der Waals surface area contributed by atoms with Crippen molar-refractivity contribution in [1.29, 1.82) is 0 Å². The molecule has 0 radical (unpaired) electrons. The van der Waals surface area contributed by atoms with Gasteiger partial charge in [-0.1, -0.05) is 33.6 Å². The SMILES string of the molecule is Cn1nnc(-c2ccc(Cl)cc2F)c1C(O)c1c(-c2ccc(Cl)cc2F)nnn1C. The molecule has 30 heavy (non-hydrogen) atoms. The van der Waals surface area contributed by atoms with Crippen molar-refractivity contribution >= 4 is 23.2 Å². The highest BCUT2D eigenvalue weighted by Gasteiger charge is 2.30. The van der Waals surface area contributed by atoms with Crippen LogP contribution in [0.2, 0.25) is 10.0 Å². The Morgan fingerprint density at radius 2 is 1.20 bits per heavy atom. The number of hydrogen-bond acceptors (Lipinski definition) is 5. The van der Waals surface area contributed by atoms with E-state index in [9.17, 15) is 13.9 Å². The zero-order valence-corrected chi connectivity index (χ0v) is 17.2. The number of aromatic nitrogens is 6. The van der Waals surface area contributed by atoms with Gasteiger partial charge in [-0.25, -0.2) is 18.1 Å². The van der Waals surface area contributed by atoms with E-state index in [1.807, 2.05) is 0 Å². The summed E-state index contributed by atoms with van der Waals surface area (Å²) in [6, 6.07) is 8.18. The van der Waals surface area contributed by atoms with Crippen LogP contribution in [-0.4, -0.2) is 35.1 Å². The summed E-state index contributed by atoms with van der Waals surface area (Å²) < 4.78 is 31.6. The van der Waals surface area contributed by atoms with E-state index in [1.54, 1.807) is 14.1 Å². The molecule has 2 aromatic heterocycles. The summed E-state index contributed by atoms with van der Waals surface area (Å²) in [4.78, 5) is 0. The monoisotopic (exact) mass is 450 g/mol. The second-order valence-electron chi connectivity index (χ2n) is 6.54. The summed E-state index contributed by atoms with van der Waals surface area (Å²) in [6.07, 6.45) is -1.39. The third-order valence-corrected chi connectivity index (χ3v) is 5.10. The predicted molar refractivity (Wildman–Crippen MR) is 107 cm³/mol. The van der Waals surface area contributed by atoms with Crippen LogP contribution in [0.4, 0.5) is 8.78 Å². The van der Waals surface area contributed by atoms with Crippen molar-refractivity contribution in [3.8, 4) is 22.5 Å². The number of halogens is 4. The minimum absolute atomic E-state index is 0.107. The van der Waals surface area contributed by atoms with Crippen molar-refractivity contribution in [1.82, 2.24) is 30.0 Å².